The van der Waals surface area contributed by atoms with Gasteiger partial charge in [-0.2, -0.15) is 0 Å². The molecule has 0 aliphatic heterocycles. The Labute approximate surface area is 482 Å². The fourth-order valence-electron chi connectivity index (χ4n) is 11.6. The van der Waals surface area contributed by atoms with E-state index in [2.05, 4.69) is 262 Å². The Morgan fingerprint density at radius 1 is 0.259 bits per heavy atom. The molecule has 3 aliphatic rings. The summed E-state index contributed by atoms with van der Waals surface area (Å²) in [5, 5.41) is 6.50. The van der Waals surface area contributed by atoms with Gasteiger partial charge < -0.3 is 0 Å². The molecule has 0 saturated carbocycles. The van der Waals surface area contributed by atoms with Crippen LogP contribution < -0.4 is 0 Å². The summed E-state index contributed by atoms with van der Waals surface area (Å²) in [5.41, 5.74) is 34.8. The number of fused-ring (bicyclic) bond motifs is 12. The van der Waals surface area contributed by atoms with E-state index in [0.29, 0.717) is 0 Å². The van der Waals surface area contributed by atoms with Crippen LogP contribution in [0.4, 0.5) is 0 Å². The lowest BCUT2D eigenvalue weighted by Gasteiger charge is -2.06. The molecule has 2 heteroatoms. The van der Waals surface area contributed by atoms with E-state index < -0.39 is 0 Å². The van der Waals surface area contributed by atoms with Crippen molar-refractivity contribution in [2.24, 2.45) is 0 Å². The maximum atomic E-state index is 4.34. The van der Waals surface area contributed by atoms with Crippen LogP contribution in [-0.2, 0) is 19.3 Å². The van der Waals surface area contributed by atoms with Gasteiger partial charge in [0.25, 0.3) is 0 Å². The van der Waals surface area contributed by atoms with Gasteiger partial charge in [-0.05, 0) is 253 Å². The van der Waals surface area contributed by atoms with Crippen molar-refractivity contribution >= 4 is 32.4 Å². The SMILES string of the molecule is Cc1cc2c(cc1C)-c1ccccc1C2.Cc1cc2c(cc1C)-c1ccccc1C2.Cc1ccc2c(c1C)Cc1ccccc1-2.Cc1ccc2ccccc2c1C.Cc1cnc2ccccc2c1C.Cc1ncc2ccccc2c1C. The molecule has 2 nitrogen and oxygen atoms in total. The van der Waals surface area contributed by atoms with Crippen LogP contribution in [-0.4, -0.2) is 9.97 Å². The summed E-state index contributed by atoms with van der Waals surface area (Å²) in [7, 11) is 0. The molecular formula is C79H76N2. The van der Waals surface area contributed by atoms with Crippen LogP contribution in [0.1, 0.15) is 100 Å². The van der Waals surface area contributed by atoms with Crippen LogP contribution in [0.25, 0.3) is 65.8 Å². The number of rotatable bonds is 0. The highest BCUT2D eigenvalue weighted by Gasteiger charge is 2.21. The van der Waals surface area contributed by atoms with E-state index in [1.54, 1.807) is 0 Å². The van der Waals surface area contributed by atoms with E-state index in [1.807, 2.05) is 37.5 Å². The van der Waals surface area contributed by atoms with Crippen molar-refractivity contribution in [2.75, 3.05) is 0 Å². The zero-order valence-electron chi connectivity index (χ0n) is 49.6. The molecule has 0 atom stereocenters. The van der Waals surface area contributed by atoms with Crippen LogP contribution in [0.2, 0.25) is 0 Å². The molecule has 12 aromatic rings. The number of pyridine rings is 2. The lowest BCUT2D eigenvalue weighted by Crippen LogP contribution is -1.89. The molecular weight excluding hydrogens is 977 g/mol. The Kier molecular flexibility index (Phi) is 16.7. The van der Waals surface area contributed by atoms with Crippen LogP contribution in [0.5, 0.6) is 0 Å². The van der Waals surface area contributed by atoms with Gasteiger partial charge in [-0.3, -0.25) is 9.97 Å². The van der Waals surface area contributed by atoms with E-state index in [-0.39, 0.29) is 0 Å². The Morgan fingerprint density at radius 2 is 0.691 bits per heavy atom. The number of aryl methyl sites for hydroxylation is 11. The molecule has 3 aliphatic carbocycles. The first kappa shape index (κ1) is 55.6. The standard InChI is InChI=1S/3C15H14.C12H12.2C11H11N/c2*1-10-7-13-9-12-5-3-4-6-14(12)15(13)8-11(10)2;1-10-7-8-14-13-6-4-3-5-12(13)9-15(14)11(10)2;1-9-7-8-11-5-3-4-6-12(11)10(9)2;1-8-9(2)12-7-10-5-3-4-6-11(8)10;1-8-7-12-11-6-4-3-5-10(11)9(8)2/h3*3-8H,9H2,1-2H3;3-8H,1-2H3;2*3-7H,1-2H3. The average molecular weight is 1050 g/mol. The van der Waals surface area contributed by atoms with E-state index in [0.717, 1.165) is 30.5 Å². The minimum absolute atomic E-state index is 1.08. The van der Waals surface area contributed by atoms with Crippen molar-refractivity contribution in [1.29, 1.82) is 0 Å². The lowest BCUT2D eigenvalue weighted by atomic mass is 9.98. The summed E-state index contributed by atoms with van der Waals surface area (Å²) in [6.45, 7) is 25.9. The Bertz CT molecular complexity index is 3970. The number of hydrogen-bond acceptors (Lipinski definition) is 2. The predicted octanol–water partition coefficient (Wildman–Crippen LogP) is 20.8. The summed E-state index contributed by atoms with van der Waals surface area (Å²) >= 11 is 0. The second kappa shape index (κ2) is 24.3. The van der Waals surface area contributed by atoms with Crippen molar-refractivity contribution < 1.29 is 0 Å². The van der Waals surface area contributed by atoms with E-state index >= 15 is 0 Å². The van der Waals surface area contributed by atoms with Gasteiger partial charge in [-0.1, -0.05) is 188 Å². The zero-order valence-corrected chi connectivity index (χ0v) is 49.6. The molecule has 0 radical (unpaired) electrons. The van der Waals surface area contributed by atoms with Gasteiger partial charge in [-0.25, -0.2) is 0 Å². The third-order valence-corrected chi connectivity index (χ3v) is 17.4. The topological polar surface area (TPSA) is 25.8 Å². The Hall–Kier alpha value is -8.72. The molecule has 81 heavy (non-hydrogen) atoms. The largest absolute Gasteiger partial charge is 0.261 e. The number of benzene rings is 10. The first-order valence-corrected chi connectivity index (χ1v) is 28.8. The Balaban J connectivity index is 0.000000109. The molecule has 0 N–H and O–H groups in total. The van der Waals surface area contributed by atoms with E-state index in [9.17, 15) is 0 Å². The van der Waals surface area contributed by atoms with Crippen molar-refractivity contribution in [1.82, 2.24) is 9.97 Å². The van der Waals surface area contributed by atoms with E-state index in [1.165, 1.54) is 155 Å². The molecule has 0 spiro atoms. The highest BCUT2D eigenvalue weighted by molar-refractivity contribution is 5.87. The fraction of sp³-hybridized carbons (Fsp3) is 0.190. The average Bonchev–Trinajstić information content (AvgIpc) is 4.21. The molecule has 0 saturated heterocycles. The molecule has 402 valence electrons. The minimum Gasteiger partial charge on any atom is -0.261 e. The van der Waals surface area contributed by atoms with Gasteiger partial charge in [0, 0.05) is 28.9 Å². The molecule has 10 aromatic carbocycles. The van der Waals surface area contributed by atoms with Crippen molar-refractivity contribution in [2.45, 2.75) is 102 Å². The highest BCUT2D eigenvalue weighted by atomic mass is 14.7. The molecule has 0 fully saturated rings. The molecule has 0 bridgehead atoms. The molecule has 15 rings (SSSR count). The summed E-state index contributed by atoms with van der Waals surface area (Å²) in [5.74, 6) is 0. The number of hydrogen-bond donors (Lipinski definition) is 0. The maximum Gasteiger partial charge on any atom is 0.0704 e. The van der Waals surface area contributed by atoms with Gasteiger partial charge in [0.15, 0.2) is 0 Å². The zero-order chi connectivity index (χ0) is 56.9. The minimum atomic E-state index is 1.08. The maximum absolute atomic E-state index is 4.34. The normalized spacial score (nSPS) is 11.6. The Morgan fingerprint density at radius 3 is 1.28 bits per heavy atom. The molecule has 0 unspecified atom stereocenters. The third-order valence-electron chi connectivity index (χ3n) is 17.4. The summed E-state index contributed by atoms with van der Waals surface area (Å²) in [6, 6.07) is 69.4. The van der Waals surface area contributed by atoms with E-state index in [4.69, 9.17) is 0 Å². The molecule has 0 amide bonds. The van der Waals surface area contributed by atoms with Gasteiger partial charge in [-0.15, -0.1) is 0 Å². The van der Waals surface area contributed by atoms with Crippen LogP contribution in [0.15, 0.2) is 207 Å². The van der Waals surface area contributed by atoms with Crippen molar-refractivity contribution in [3.05, 3.63) is 307 Å². The van der Waals surface area contributed by atoms with Gasteiger partial charge in [0.05, 0.1) is 5.52 Å². The highest BCUT2D eigenvalue weighted by Crippen LogP contribution is 2.40. The number of para-hydroxylation sites is 1. The second-order valence-electron chi connectivity index (χ2n) is 22.6. The lowest BCUT2D eigenvalue weighted by molar-refractivity contribution is 1.18. The third kappa shape index (κ3) is 11.9. The molecule has 2 aromatic heterocycles. The molecule has 2 heterocycles. The van der Waals surface area contributed by atoms with Gasteiger partial charge >= 0.3 is 0 Å². The first-order chi connectivity index (χ1) is 39.1. The number of aromatic nitrogens is 2. The monoisotopic (exact) mass is 1050 g/mol. The van der Waals surface area contributed by atoms with Gasteiger partial charge in [0.2, 0.25) is 0 Å². The fourth-order valence-corrected chi connectivity index (χ4v) is 11.6. The van der Waals surface area contributed by atoms with Crippen LogP contribution in [0, 0.1) is 83.1 Å². The predicted molar refractivity (Wildman–Crippen MR) is 348 cm³/mol. The summed E-state index contributed by atoms with van der Waals surface area (Å²) < 4.78 is 0. The number of nitrogens with zero attached hydrogens (tertiary/aromatic N) is 2. The summed E-state index contributed by atoms with van der Waals surface area (Å²) in [6.07, 6.45) is 7.17. The van der Waals surface area contributed by atoms with Crippen molar-refractivity contribution in [3.63, 3.8) is 0 Å². The second-order valence-corrected chi connectivity index (χ2v) is 22.6. The smallest absolute Gasteiger partial charge is 0.0704 e. The van der Waals surface area contributed by atoms with Crippen molar-refractivity contribution in [3.8, 4) is 33.4 Å². The van der Waals surface area contributed by atoms with Crippen LogP contribution in [0.3, 0.4) is 0 Å². The quantitative estimate of drug-likeness (QED) is 0.151. The van der Waals surface area contributed by atoms with Crippen LogP contribution >= 0.6 is 0 Å². The van der Waals surface area contributed by atoms with Gasteiger partial charge in [0.1, 0.15) is 0 Å². The first-order valence-electron chi connectivity index (χ1n) is 28.8. The summed E-state index contributed by atoms with van der Waals surface area (Å²) in [4.78, 5) is 8.65.